The minimum atomic E-state index is -4.54. The van der Waals surface area contributed by atoms with E-state index in [1.807, 2.05) is 0 Å². The lowest BCUT2D eigenvalue weighted by atomic mass is 10.1. The minimum Gasteiger partial charge on any atom is -0.487 e. The highest BCUT2D eigenvalue weighted by Crippen LogP contribution is 2.34. The van der Waals surface area contributed by atoms with Gasteiger partial charge in [-0.2, -0.15) is 13.2 Å². The number of anilines is 1. The number of ether oxygens (including phenoxy) is 1. The van der Waals surface area contributed by atoms with Crippen LogP contribution < -0.4 is 10.5 Å². The van der Waals surface area contributed by atoms with Crippen molar-refractivity contribution < 1.29 is 22.3 Å². The number of hydrogen-bond donors (Lipinski definition) is 1. The number of nitrogens with two attached hydrogens (primary N) is 1. The van der Waals surface area contributed by atoms with Crippen molar-refractivity contribution in [2.24, 2.45) is 0 Å². The molecule has 0 fully saturated rings. The molecule has 0 spiro atoms. The van der Waals surface area contributed by atoms with Gasteiger partial charge in [0.05, 0.1) is 10.6 Å². The first-order valence-corrected chi connectivity index (χ1v) is 6.18. The van der Waals surface area contributed by atoms with Crippen LogP contribution in [0.3, 0.4) is 0 Å². The molecule has 0 atom stereocenters. The third-order valence-electron chi connectivity index (χ3n) is 2.72. The van der Waals surface area contributed by atoms with Gasteiger partial charge in [0.2, 0.25) is 0 Å². The van der Waals surface area contributed by atoms with Crippen molar-refractivity contribution in [3.05, 3.63) is 58.4 Å². The van der Waals surface area contributed by atoms with Crippen LogP contribution in [0.2, 0.25) is 5.02 Å². The Bertz CT molecular complexity index is 658. The molecular weight excluding hydrogens is 310 g/mol. The van der Waals surface area contributed by atoms with Gasteiger partial charge in [0, 0.05) is 11.3 Å². The van der Waals surface area contributed by atoms with E-state index in [4.69, 9.17) is 22.1 Å². The van der Waals surface area contributed by atoms with Crippen LogP contribution in [0.15, 0.2) is 36.4 Å². The van der Waals surface area contributed by atoms with Crippen molar-refractivity contribution in [1.82, 2.24) is 0 Å². The first-order valence-electron chi connectivity index (χ1n) is 5.81. The van der Waals surface area contributed by atoms with Crippen molar-refractivity contribution in [2.45, 2.75) is 12.8 Å². The number of benzene rings is 2. The van der Waals surface area contributed by atoms with E-state index >= 15 is 0 Å². The second-order valence-corrected chi connectivity index (χ2v) is 4.68. The summed E-state index contributed by atoms with van der Waals surface area (Å²) < 4.78 is 56.8. The van der Waals surface area contributed by atoms with Crippen molar-refractivity contribution >= 4 is 17.3 Å². The van der Waals surface area contributed by atoms with Gasteiger partial charge < -0.3 is 10.5 Å². The van der Waals surface area contributed by atoms with Gasteiger partial charge in [-0.15, -0.1) is 0 Å². The second-order valence-electron chi connectivity index (χ2n) is 4.28. The summed E-state index contributed by atoms with van der Waals surface area (Å²) in [4.78, 5) is 0. The van der Waals surface area contributed by atoms with Crippen LogP contribution >= 0.6 is 11.6 Å². The van der Waals surface area contributed by atoms with Crippen molar-refractivity contribution in [1.29, 1.82) is 0 Å². The van der Waals surface area contributed by atoms with Crippen LogP contribution in [0.1, 0.15) is 11.1 Å². The van der Waals surface area contributed by atoms with Crippen molar-refractivity contribution in [2.75, 3.05) is 5.73 Å². The summed E-state index contributed by atoms with van der Waals surface area (Å²) >= 11 is 5.74. The van der Waals surface area contributed by atoms with Crippen LogP contribution in [0.25, 0.3) is 0 Å². The fourth-order valence-corrected chi connectivity index (χ4v) is 1.95. The van der Waals surface area contributed by atoms with Gasteiger partial charge in [-0.3, -0.25) is 0 Å². The Labute approximate surface area is 123 Å². The largest absolute Gasteiger partial charge is 0.487 e. The molecule has 2 aromatic rings. The monoisotopic (exact) mass is 319 g/mol. The lowest BCUT2D eigenvalue weighted by Crippen LogP contribution is -2.11. The van der Waals surface area contributed by atoms with Gasteiger partial charge in [-0.05, 0) is 30.3 Å². The van der Waals surface area contributed by atoms with Crippen molar-refractivity contribution in [3.63, 3.8) is 0 Å². The van der Waals surface area contributed by atoms with Crippen LogP contribution in [0, 0.1) is 5.82 Å². The third kappa shape index (κ3) is 3.78. The van der Waals surface area contributed by atoms with Crippen LogP contribution in [-0.4, -0.2) is 0 Å². The molecular formula is C14H10ClF4NO. The number of nitrogen functional groups attached to an aromatic ring is 1. The molecule has 0 amide bonds. The van der Waals surface area contributed by atoms with Gasteiger partial charge in [0.15, 0.2) is 0 Å². The zero-order chi connectivity index (χ0) is 15.6. The maximum atomic E-state index is 12.9. The Hall–Kier alpha value is -1.95. The molecule has 2 N–H and O–H groups in total. The van der Waals surface area contributed by atoms with Gasteiger partial charge in [-0.1, -0.05) is 17.7 Å². The summed E-state index contributed by atoms with van der Waals surface area (Å²) in [5.74, 6) is -0.459. The number of halogens is 5. The number of rotatable bonds is 3. The van der Waals surface area contributed by atoms with Crippen LogP contribution in [0.4, 0.5) is 23.2 Å². The smallest absolute Gasteiger partial charge is 0.416 e. The summed E-state index contributed by atoms with van der Waals surface area (Å²) in [6.07, 6.45) is -4.54. The predicted molar refractivity (Wildman–Crippen MR) is 71.6 cm³/mol. The Morgan fingerprint density at radius 1 is 1.10 bits per heavy atom. The molecule has 0 aliphatic heterocycles. The van der Waals surface area contributed by atoms with E-state index in [1.165, 1.54) is 18.2 Å². The van der Waals surface area contributed by atoms with Crippen molar-refractivity contribution in [3.8, 4) is 5.75 Å². The highest BCUT2D eigenvalue weighted by Gasteiger charge is 2.33. The standard InChI is InChI=1S/C14H10ClF4NO/c15-12-5-9(16)2-4-13(12)21-7-8-1-3-10(20)6-11(8)14(17,18)19/h1-6H,7,20H2. The maximum Gasteiger partial charge on any atom is 0.416 e. The maximum absolute atomic E-state index is 12.9. The fourth-order valence-electron chi connectivity index (χ4n) is 1.73. The average Bonchev–Trinajstić information content (AvgIpc) is 2.38. The Morgan fingerprint density at radius 3 is 2.43 bits per heavy atom. The number of alkyl halides is 3. The van der Waals surface area contributed by atoms with Gasteiger partial charge in [0.25, 0.3) is 0 Å². The molecule has 2 rings (SSSR count). The second kappa shape index (κ2) is 5.81. The molecule has 0 saturated heterocycles. The average molecular weight is 320 g/mol. The van der Waals surface area contributed by atoms with Gasteiger partial charge >= 0.3 is 6.18 Å². The molecule has 0 bridgehead atoms. The third-order valence-corrected chi connectivity index (χ3v) is 3.01. The van der Waals surface area contributed by atoms with E-state index in [1.54, 1.807) is 0 Å². The summed E-state index contributed by atoms with van der Waals surface area (Å²) in [6, 6.07) is 6.79. The quantitative estimate of drug-likeness (QED) is 0.659. The summed E-state index contributed by atoms with van der Waals surface area (Å²) in [5, 5.41) is -0.0148. The normalized spacial score (nSPS) is 11.5. The minimum absolute atomic E-state index is 0.00545. The molecule has 0 saturated carbocycles. The molecule has 0 aromatic heterocycles. The van der Waals surface area contributed by atoms with E-state index in [0.29, 0.717) is 0 Å². The molecule has 0 aliphatic rings. The van der Waals surface area contributed by atoms with E-state index in [2.05, 4.69) is 0 Å². The molecule has 7 heteroatoms. The van der Waals surface area contributed by atoms with E-state index in [9.17, 15) is 17.6 Å². The zero-order valence-electron chi connectivity index (χ0n) is 10.5. The molecule has 2 aromatic carbocycles. The Balaban J connectivity index is 2.24. The summed E-state index contributed by atoms with van der Waals surface area (Å²) in [6.45, 7) is -0.361. The van der Waals surface area contributed by atoms with E-state index < -0.39 is 17.6 Å². The number of hydrogen-bond acceptors (Lipinski definition) is 2. The first kappa shape index (κ1) is 15.4. The lowest BCUT2D eigenvalue weighted by molar-refractivity contribution is -0.138. The Kier molecular flexibility index (Phi) is 4.27. The lowest BCUT2D eigenvalue weighted by Gasteiger charge is -2.15. The zero-order valence-corrected chi connectivity index (χ0v) is 11.3. The molecule has 112 valence electrons. The summed E-state index contributed by atoms with van der Waals surface area (Å²) in [7, 11) is 0. The van der Waals surface area contributed by atoms with Crippen LogP contribution in [-0.2, 0) is 12.8 Å². The SMILES string of the molecule is Nc1ccc(COc2ccc(F)cc2Cl)c(C(F)(F)F)c1. The molecule has 0 unspecified atom stereocenters. The first-order chi connectivity index (χ1) is 9.77. The van der Waals surface area contributed by atoms with E-state index in [-0.39, 0.29) is 28.6 Å². The molecule has 2 nitrogen and oxygen atoms in total. The summed E-state index contributed by atoms with van der Waals surface area (Å²) in [5.41, 5.74) is 4.41. The molecule has 0 aliphatic carbocycles. The Morgan fingerprint density at radius 2 is 1.81 bits per heavy atom. The fraction of sp³-hybridized carbons (Fsp3) is 0.143. The molecule has 0 radical (unpaired) electrons. The topological polar surface area (TPSA) is 35.2 Å². The van der Waals surface area contributed by atoms with Crippen LogP contribution in [0.5, 0.6) is 5.75 Å². The van der Waals surface area contributed by atoms with E-state index in [0.717, 1.165) is 18.2 Å². The molecule has 0 heterocycles. The predicted octanol–water partition coefficient (Wildman–Crippen LogP) is 4.66. The molecule has 21 heavy (non-hydrogen) atoms. The highest BCUT2D eigenvalue weighted by molar-refractivity contribution is 6.32. The van der Waals surface area contributed by atoms with Gasteiger partial charge in [-0.25, -0.2) is 4.39 Å². The van der Waals surface area contributed by atoms with Gasteiger partial charge in [0.1, 0.15) is 18.2 Å². The highest BCUT2D eigenvalue weighted by atomic mass is 35.5.